The number of fused-ring (bicyclic) bond motifs is 3. The number of thiazole rings is 1. The molecule has 20 heteroatoms. The highest BCUT2D eigenvalue weighted by Crippen LogP contribution is 2.40. The summed E-state index contributed by atoms with van der Waals surface area (Å²) in [6.07, 6.45) is 1.75. The number of carbonyl (C=O) groups is 4. The molecule has 1 aliphatic carbocycles. The van der Waals surface area contributed by atoms with Gasteiger partial charge in [0.05, 0.1) is 47.1 Å². The minimum absolute atomic E-state index is 0.0202. The maximum atomic E-state index is 13.6. The number of rotatable bonds is 15. The summed E-state index contributed by atoms with van der Waals surface area (Å²) in [5.74, 6) is 0.420. The van der Waals surface area contributed by atoms with Gasteiger partial charge in [0.2, 0.25) is 23.6 Å². The van der Waals surface area contributed by atoms with Crippen molar-refractivity contribution >= 4 is 63.6 Å². The molecule has 68 heavy (non-hydrogen) atoms. The van der Waals surface area contributed by atoms with Crippen molar-refractivity contribution in [1.82, 2.24) is 45.6 Å². The first-order chi connectivity index (χ1) is 32.8. The number of nitrogens with one attached hydrogen (secondary N) is 3. The van der Waals surface area contributed by atoms with Crippen LogP contribution in [-0.4, -0.2) is 108 Å². The van der Waals surface area contributed by atoms with Crippen molar-refractivity contribution in [3.05, 3.63) is 122 Å². The topological polar surface area (TPSA) is 215 Å². The van der Waals surface area contributed by atoms with Gasteiger partial charge in [-0.15, -0.1) is 32.9 Å². The van der Waals surface area contributed by atoms with E-state index in [1.165, 1.54) is 11.1 Å². The van der Waals surface area contributed by atoms with Gasteiger partial charge in [-0.1, -0.05) is 48.0 Å². The van der Waals surface area contributed by atoms with Crippen molar-refractivity contribution in [2.75, 3.05) is 19.7 Å². The van der Waals surface area contributed by atoms with Crippen LogP contribution in [0.15, 0.2) is 77.4 Å². The van der Waals surface area contributed by atoms with Crippen LogP contribution >= 0.6 is 34.3 Å². The number of thiophene rings is 1. The molecule has 4 N–H and O–H groups in total. The van der Waals surface area contributed by atoms with Crippen LogP contribution in [0.4, 0.5) is 0 Å². The lowest BCUT2D eigenvalue weighted by atomic mass is 9.89. The smallest absolute Gasteiger partial charge is 0.258 e. The van der Waals surface area contributed by atoms with Crippen LogP contribution < -0.4 is 25.4 Å². The molecule has 17 nitrogen and oxygen atoms in total. The molecule has 2 aliphatic heterocycles. The number of aromatic nitrogens is 5. The zero-order chi connectivity index (χ0) is 47.6. The van der Waals surface area contributed by atoms with Gasteiger partial charge in [-0.3, -0.25) is 28.7 Å². The van der Waals surface area contributed by atoms with Gasteiger partial charge in [0.1, 0.15) is 34.8 Å². The number of aliphatic hydroxyl groups is 1. The number of halogens is 1. The number of benzene rings is 2. The normalized spacial score (nSPS) is 19.5. The van der Waals surface area contributed by atoms with E-state index >= 15 is 0 Å². The lowest BCUT2D eigenvalue weighted by Crippen LogP contribution is -2.49. The second kappa shape index (κ2) is 20.0. The molecule has 0 bridgehead atoms. The molecule has 1 saturated carbocycles. The largest absolute Gasteiger partial charge is 0.482 e. The third-order valence-corrected chi connectivity index (χ3v) is 14.8. The van der Waals surface area contributed by atoms with Crippen molar-refractivity contribution in [2.24, 2.45) is 4.99 Å². The van der Waals surface area contributed by atoms with Crippen LogP contribution in [0, 0.1) is 27.7 Å². The van der Waals surface area contributed by atoms with Crippen molar-refractivity contribution in [3.8, 4) is 27.1 Å². The van der Waals surface area contributed by atoms with Crippen molar-refractivity contribution in [2.45, 2.75) is 90.3 Å². The molecule has 2 fully saturated rings. The zero-order valence-electron chi connectivity index (χ0n) is 37.7. The first-order valence-electron chi connectivity index (χ1n) is 22.2. The van der Waals surface area contributed by atoms with Gasteiger partial charge in [0.25, 0.3) is 5.91 Å². The van der Waals surface area contributed by atoms with Crippen LogP contribution in [0.1, 0.15) is 76.2 Å². The van der Waals surface area contributed by atoms with Crippen LogP contribution in [0.3, 0.4) is 0 Å². The summed E-state index contributed by atoms with van der Waals surface area (Å²) < 4.78 is 13.7. The lowest BCUT2D eigenvalue weighted by Gasteiger charge is -2.35. The van der Waals surface area contributed by atoms with Crippen molar-refractivity contribution in [1.29, 1.82) is 0 Å². The van der Waals surface area contributed by atoms with Crippen LogP contribution in [0.25, 0.3) is 15.4 Å². The fourth-order valence-corrected chi connectivity index (χ4v) is 10.7. The number of β-amino-alcohol motifs (C(OH)–C–C–N with tert-alkyl or cyclic N) is 1. The number of hydrogen-bond donors (Lipinski definition) is 4. The summed E-state index contributed by atoms with van der Waals surface area (Å²) in [7, 11) is 0. The van der Waals surface area contributed by atoms with Gasteiger partial charge in [-0.25, -0.2) is 9.97 Å². The van der Waals surface area contributed by atoms with Gasteiger partial charge in [-0.05, 0) is 62.6 Å². The Kier molecular flexibility index (Phi) is 13.7. The molecular formula is C48H49ClN10O7S2. The molecule has 352 valence electrons. The minimum Gasteiger partial charge on any atom is -0.482 e. The number of hydrogen-bond acceptors (Lipinski definition) is 14. The summed E-state index contributed by atoms with van der Waals surface area (Å²) in [5.41, 5.74) is 8.49. The van der Waals surface area contributed by atoms with E-state index in [4.69, 9.17) is 26.1 Å². The average Bonchev–Trinajstić information content (AvgIpc) is 4.09. The second-order valence-corrected chi connectivity index (χ2v) is 19.6. The average molecular weight is 978 g/mol. The Bertz CT molecular complexity index is 2880. The number of ether oxygens (including phenoxy) is 2. The summed E-state index contributed by atoms with van der Waals surface area (Å²) >= 11 is 9.47. The Morgan fingerprint density at radius 1 is 0.897 bits per heavy atom. The molecule has 6 aromatic rings. The third-order valence-electron chi connectivity index (χ3n) is 12.3. The van der Waals surface area contributed by atoms with Gasteiger partial charge < -0.3 is 35.4 Å². The number of carbonyl (C=O) groups excluding carboxylic acids is 4. The number of likely N-dealkylation sites (tertiary alicyclic amines) is 1. The van der Waals surface area contributed by atoms with Crippen LogP contribution in [-0.2, 0) is 25.7 Å². The number of pyridine rings is 1. The molecule has 0 unspecified atom stereocenters. The maximum absolute atomic E-state index is 13.6. The molecule has 3 atom stereocenters. The van der Waals surface area contributed by atoms with Gasteiger partial charge in [0.15, 0.2) is 12.4 Å². The Labute approximate surface area is 405 Å². The monoisotopic (exact) mass is 976 g/mol. The maximum Gasteiger partial charge on any atom is 0.258 e. The summed E-state index contributed by atoms with van der Waals surface area (Å²) in [6, 6.07) is 17.1. The first-order valence-corrected chi connectivity index (χ1v) is 24.3. The predicted octanol–water partition coefficient (Wildman–Crippen LogP) is 5.52. The highest BCUT2D eigenvalue weighted by atomic mass is 35.5. The Morgan fingerprint density at radius 3 is 2.38 bits per heavy atom. The molecule has 1 saturated heterocycles. The fraction of sp³-hybridized carbons (Fsp3) is 0.354. The number of amides is 4. The molecule has 3 aliphatic rings. The van der Waals surface area contributed by atoms with E-state index < -0.39 is 30.0 Å². The Balaban J connectivity index is 0.708. The molecule has 0 spiro atoms. The lowest BCUT2D eigenvalue weighted by molar-refractivity contribution is -0.139. The molecule has 4 aromatic heterocycles. The minimum atomic E-state index is -0.873. The molecule has 4 amide bonds. The molecule has 6 heterocycles. The Morgan fingerprint density at radius 2 is 1.66 bits per heavy atom. The summed E-state index contributed by atoms with van der Waals surface area (Å²) in [5, 5.41) is 29.4. The fourth-order valence-electron chi connectivity index (χ4n) is 8.54. The van der Waals surface area contributed by atoms with E-state index in [9.17, 15) is 24.3 Å². The van der Waals surface area contributed by atoms with Crippen LogP contribution in [0.2, 0.25) is 5.02 Å². The van der Waals surface area contributed by atoms with E-state index in [2.05, 4.69) is 50.0 Å². The highest BCUT2D eigenvalue weighted by molar-refractivity contribution is 7.15. The Hall–Kier alpha value is -6.54. The number of aliphatic hydroxyl groups excluding tert-OH is 1. The van der Waals surface area contributed by atoms with Crippen LogP contribution in [0.5, 0.6) is 11.6 Å². The van der Waals surface area contributed by atoms with Gasteiger partial charge in [-0.2, -0.15) is 0 Å². The van der Waals surface area contributed by atoms with E-state index in [1.54, 1.807) is 40.3 Å². The van der Waals surface area contributed by atoms with E-state index in [0.717, 1.165) is 59.8 Å². The van der Waals surface area contributed by atoms with Crippen molar-refractivity contribution in [3.63, 3.8) is 0 Å². The molecule has 9 rings (SSSR count). The third kappa shape index (κ3) is 10.2. The predicted molar refractivity (Wildman–Crippen MR) is 256 cm³/mol. The number of nitrogens with zero attached hydrogens (tertiary/aromatic N) is 7. The summed E-state index contributed by atoms with van der Waals surface area (Å²) in [6.45, 7) is 7.51. The number of aryl methyl sites for hydroxylation is 3. The molecule has 2 aromatic carbocycles. The zero-order valence-corrected chi connectivity index (χ0v) is 40.1. The molecule has 0 radical (unpaired) electrons. The van der Waals surface area contributed by atoms with Gasteiger partial charge in [0, 0.05) is 65.5 Å². The first kappa shape index (κ1) is 46.6. The van der Waals surface area contributed by atoms with E-state index in [1.807, 2.05) is 66.9 Å². The van der Waals surface area contributed by atoms with Crippen molar-refractivity contribution < 1.29 is 33.8 Å². The van der Waals surface area contributed by atoms with E-state index in [-0.39, 0.29) is 63.0 Å². The number of aliphatic imine (C=N–C) groups is 1. The quantitative estimate of drug-likeness (QED) is 0.101. The second-order valence-electron chi connectivity index (χ2n) is 17.1. The highest BCUT2D eigenvalue weighted by Gasteiger charge is 2.39. The van der Waals surface area contributed by atoms with Gasteiger partial charge >= 0.3 is 0 Å². The van der Waals surface area contributed by atoms with E-state index in [0.29, 0.717) is 35.3 Å². The molecular weight excluding hydrogens is 928 g/mol. The summed E-state index contributed by atoms with van der Waals surface area (Å²) in [4.78, 5) is 69.8. The standard InChI is InChI=1S/C48H49ClN10O7S2/c1-25-27(3)68-48-43(25)44(30-9-11-32(49)12-10-30)55-37(46-57-56-28(4)59(46)48)18-39(61)54-33-15-36(16-33)66-41-14-13-35(20-51-41)65-23-40(62)50-21-42(63)58-22-34(60)17-38(58)47(64)52-19-29-5-7-31(8-6-29)45-26(2)53-24-67-45/h5-14,20,24,33-34,36-38,60H,15-19,21-23H2,1-4H3,(H,50,62)(H,52,64)(H,54,61)/t33-,34-,36-,37+,38+/m1/s1. The SMILES string of the molecule is Cc1ncsc1-c1ccc(CNC(=O)[C@@H]2C[C@@H](O)CN2C(=O)CNC(=O)COc2ccc(O[C@H]3C[C@H](NC(=O)C[C@@H]4N=C(c5ccc(Cl)cc5)c5c(sc(C)c5C)-n5c(C)nnc54)C3)nc2)cc1.